The number of unbranched alkanes of at least 4 members (excludes halogenated alkanes) is 1. The van der Waals surface area contributed by atoms with Crippen LogP contribution in [-0.2, 0) is 37.4 Å². The van der Waals surface area contributed by atoms with E-state index in [0.29, 0.717) is 17.3 Å². The summed E-state index contributed by atoms with van der Waals surface area (Å²) >= 11 is 1.09. The fraction of sp³-hybridized carbons (Fsp3) is 0.522. The lowest BCUT2D eigenvalue weighted by Gasteiger charge is -2.21. The van der Waals surface area contributed by atoms with E-state index in [1.54, 1.807) is 37.5 Å². The summed E-state index contributed by atoms with van der Waals surface area (Å²) in [5, 5.41) is 0. The summed E-state index contributed by atoms with van der Waals surface area (Å²) in [6, 6.07) is 6.71. The van der Waals surface area contributed by atoms with Crippen LogP contribution in [0.3, 0.4) is 0 Å². The van der Waals surface area contributed by atoms with Crippen molar-refractivity contribution in [2.75, 3.05) is 13.2 Å². The number of thiophene rings is 1. The van der Waals surface area contributed by atoms with Gasteiger partial charge in [0, 0.05) is 30.4 Å². The molecule has 33 heavy (non-hydrogen) atoms. The molecule has 0 spiro atoms. The zero-order valence-corrected chi connectivity index (χ0v) is 21.1. The Bertz CT molecular complexity index is 993. The summed E-state index contributed by atoms with van der Waals surface area (Å²) in [6.07, 6.45) is 7.27. The van der Waals surface area contributed by atoms with Crippen molar-refractivity contribution in [3.05, 3.63) is 47.1 Å². The molecule has 1 atom stereocenters. The van der Waals surface area contributed by atoms with E-state index in [2.05, 4.69) is 23.6 Å². The smallest absolute Gasteiger partial charge is 0.397 e. The topological polar surface area (TPSA) is 106 Å². The van der Waals surface area contributed by atoms with E-state index in [0.717, 1.165) is 42.6 Å². The van der Waals surface area contributed by atoms with E-state index in [-0.39, 0.29) is 23.9 Å². The van der Waals surface area contributed by atoms with Gasteiger partial charge in [0.1, 0.15) is 4.21 Å². The molecule has 1 unspecified atom stereocenters. The van der Waals surface area contributed by atoms with E-state index in [4.69, 9.17) is 4.74 Å². The van der Waals surface area contributed by atoms with Crippen molar-refractivity contribution in [2.24, 2.45) is 5.92 Å². The quantitative estimate of drug-likeness (QED) is 0.335. The fourth-order valence-electron chi connectivity index (χ4n) is 3.25. The maximum absolute atomic E-state index is 12.8. The van der Waals surface area contributed by atoms with Crippen LogP contribution in [0.15, 0.2) is 40.9 Å². The summed E-state index contributed by atoms with van der Waals surface area (Å²) in [5.41, 5.74) is 0.798. The predicted octanol–water partition coefficient (Wildman–Crippen LogP) is 3.73. The van der Waals surface area contributed by atoms with Crippen LogP contribution in [0.25, 0.3) is 0 Å². The summed E-state index contributed by atoms with van der Waals surface area (Å²) in [5.74, 6) is -1.40. The third-order valence-corrected chi connectivity index (χ3v) is 8.20. The van der Waals surface area contributed by atoms with Gasteiger partial charge in [-0.3, -0.25) is 9.78 Å². The molecule has 0 aromatic carbocycles. The number of ether oxygens (including phenoxy) is 1. The highest BCUT2D eigenvalue weighted by atomic mass is 32.2. The molecule has 182 valence electrons. The molecule has 0 radical (unpaired) electrons. The molecule has 0 aliphatic heterocycles. The number of pyridine rings is 1. The monoisotopic (exact) mass is 495 g/mol. The van der Waals surface area contributed by atoms with Crippen LogP contribution in [0.1, 0.15) is 56.9 Å². The number of nitrogens with zero attached hydrogens (tertiary/aromatic N) is 2. The zero-order chi connectivity index (χ0) is 24.3. The van der Waals surface area contributed by atoms with Gasteiger partial charge in [-0.2, -0.15) is 0 Å². The molecular weight excluding hydrogens is 462 g/mol. The molecular formula is C23H33N3O5S2. The Balaban J connectivity index is 2.12. The van der Waals surface area contributed by atoms with Crippen molar-refractivity contribution in [1.29, 1.82) is 0 Å². The first-order chi connectivity index (χ1) is 15.8. The second-order valence-corrected chi connectivity index (χ2v) is 10.9. The number of sulfonamides is 1. The molecule has 10 heteroatoms. The predicted molar refractivity (Wildman–Crippen MR) is 128 cm³/mol. The molecule has 1 N–H and O–H groups in total. The minimum absolute atomic E-state index is 0.0915. The van der Waals surface area contributed by atoms with E-state index in [9.17, 15) is 18.0 Å². The van der Waals surface area contributed by atoms with Gasteiger partial charge in [-0.15, -0.1) is 11.3 Å². The lowest BCUT2D eigenvalue weighted by molar-refractivity contribution is -0.160. The molecule has 8 nitrogen and oxygen atoms in total. The first-order valence-corrected chi connectivity index (χ1v) is 13.5. The van der Waals surface area contributed by atoms with Crippen LogP contribution >= 0.6 is 11.3 Å². The highest BCUT2D eigenvalue weighted by Crippen LogP contribution is 2.24. The number of carbonyl (C=O) groups excluding carboxylic acids is 2. The van der Waals surface area contributed by atoms with Crippen LogP contribution in [0, 0.1) is 5.92 Å². The Kier molecular flexibility index (Phi) is 11.0. The Hall–Kier alpha value is -2.30. The zero-order valence-electron chi connectivity index (χ0n) is 19.5. The molecule has 2 rings (SSSR count). The molecule has 0 aliphatic rings. The molecule has 0 saturated heterocycles. The van der Waals surface area contributed by atoms with Crippen molar-refractivity contribution in [3.8, 4) is 0 Å². The molecule has 0 aliphatic carbocycles. The van der Waals surface area contributed by atoms with Gasteiger partial charge in [0.2, 0.25) is 10.0 Å². The van der Waals surface area contributed by atoms with Crippen LogP contribution in [-0.4, -0.2) is 43.3 Å². The van der Waals surface area contributed by atoms with Gasteiger partial charge in [-0.1, -0.05) is 33.1 Å². The van der Waals surface area contributed by atoms with Crippen LogP contribution < -0.4 is 4.72 Å². The number of nitrogens with one attached hydrogen (secondary N) is 1. The molecule has 2 aromatic heterocycles. The van der Waals surface area contributed by atoms with E-state index in [1.807, 2.05) is 0 Å². The fourth-order valence-corrected chi connectivity index (χ4v) is 5.78. The molecule has 2 heterocycles. The van der Waals surface area contributed by atoms with Crippen molar-refractivity contribution >= 4 is 33.2 Å². The number of esters is 1. The summed E-state index contributed by atoms with van der Waals surface area (Å²) in [7, 11) is -3.64. The first kappa shape index (κ1) is 26.9. The van der Waals surface area contributed by atoms with E-state index < -0.39 is 21.9 Å². The third-order valence-electron chi connectivity index (χ3n) is 5.21. The lowest BCUT2D eigenvalue weighted by Crippen LogP contribution is -2.36. The van der Waals surface area contributed by atoms with Crippen molar-refractivity contribution in [2.45, 2.75) is 63.8 Å². The summed E-state index contributed by atoms with van der Waals surface area (Å²) in [6.45, 7) is 6.58. The minimum atomic E-state index is -3.64. The largest absolute Gasteiger partial charge is 0.459 e. The highest BCUT2D eigenvalue weighted by Gasteiger charge is 2.25. The number of amides is 1. The maximum Gasteiger partial charge on any atom is 0.397 e. The maximum atomic E-state index is 12.8. The lowest BCUT2D eigenvalue weighted by atomic mass is 10.00. The molecule has 0 fully saturated rings. The van der Waals surface area contributed by atoms with Gasteiger partial charge in [-0.05, 0) is 49.1 Å². The second kappa shape index (κ2) is 13.4. The average Bonchev–Trinajstić information content (AvgIpc) is 3.29. The number of aromatic nitrogens is 1. The number of rotatable bonds is 13. The minimum Gasteiger partial charge on any atom is -0.459 e. The molecule has 1 amide bonds. The SMILES string of the molecule is CCCCC(CC)CNS(=O)(=O)c1ccc(CN(Cc2ccncc2)C(=O)C(=O)OCC)s1. The van der Waals surface area contributed by atoms with Crippen LogP contribution in [0.5, 0.6) is 0 Å². The standard InChI is InChI=1S/C23H33N3O5S2/c1-4-7-8-18(5-2)15-25-33(29,30)21-10-9-20(32-21)17-26(22(27)23(28)31-6-3)16-19-11-13-24-14-12-19/h9-14,18,25H,4-8,15-17H2,1-3H3. The van der Waals surface area contributed by atoms with Gasteiger partial charge in [0.25, 0.3) is 0 Å². The molecule has 2 aromatic rings. The average molecular weight is 496 g/mol. The number of carbonyl (C=O) groups is 2. The summed E-state index contributed by atoms with van der Waals surface area (Å²) in [4.78, 5) is 30.7. The Morgan fingerprint density at radius 1 is 1.12 bits per heavy atom. The van der Waals surface area contributed by atoms with Crippen LogP contribution in [0.4, 0.5) is 0 Å². The summed E-state index contributed by atoms with van der Waals surface area (Å²) < 4.78 is 33.3. The number of hydrogen-bond acceptors (Lipinski definition) is 7. The van der Waals surface area contributed by atoms with Crippen molar-refractivity contribution < 1.29 is 22.7 Å². The third kappa shape index (κ3) is 8.53. The second-order valence-electron chi connectivity index (χ2n) is 7.73. The first-order valence-electron chi connectivity index (χ1n) is 11.2. The highest BCUT2D eigenvalue weighted by molar-refractivity contribution is 7.91. The van der Waals surface area contributed by atoms with Gasteiger partial charge in [0.15, 0.2) is 0 Å². The molecule has 0 bridgehead atoms. The normalized spacial score (nSPS) is 12.3. The van der Waals surface area contributed by atoms with Gasteiger partial charge >= 0.3 is 11.9 Å². The van der Waals surface area contributed by atoms with Crippen LogP contribution in [0.2, 0.25) is 0 Å². The number of hydrogen-bond donors (Lipinski definition) is 1. The Morgan fingerprint density at radius 3 is 2.48 bits per heavy atom. The Morgan fingerprint density at radius 2 is 1.85 bits per heavy atom. The van der Waals surface area contributed by atoms with Gasteiger partial charge in [0.05, 0.1) is 13.2 Å². The van der Waals surface area contributed by atoms with Gasteiger partial charge < -0.3 is 9.64 Å². The van der Waals surface area contributed by atoms with Gasteiger partial charge in [-0.25, -0.2) is 17.9 Å². The molecule has 0 saturated carbocycles. The van der Waals surface area contributed by atoms with Crippen molar-refractivity contribution in [3.63, 3.8) is 0 Å². The Labute approximate surface area is 200 Å². The van der Waals surface area contributed by atoms with E-state index in [1.165, 1.54) is 11.0 Å². The van der Waals surface area contributed by atoms with Crippen molar-refractivity contribution in [1.82, 2.24) is 14.6 Å². The van der Waals surface area contributed by atoms with E-state index >= 15 is 0 Å².